The molecule has 344 valence electrons. The van der Waals surface area contributed by atoms with Crippen molar-refractivity contribution in [3.8, 4) is 0 Å². The zero-order chi connectivity index (χ0) is 47.8. The molecule has 2 aliphatic carbocycles. The Hall–Kier alpha value is -6.64. The van der Waals surface area contributed by atoms with Gasteiger partial charge in [-0.05, 0) is 84.0 Å². The Morgan fingerprint density at radius 2 is 1.09 bits per heavy atom. The van der Waals surface area contributed by atoms with Gasteiger partial charge in [0.2, 0.25) is 0 Å². The summed E-state index contributed by atoms with van der Waals surface area (Å²) in [5.41, 5.74) is 6.61. The fourth-order valence-electron chi connectivity index (χ4n) is 9.88. The maximum atomic E-state index is 13.0. The van der Waals surface area contributed by atoms with Crippen LogP contribution >= 0.6 is 0 Å². The van der Waals surface area contributed by atoms with E-state index in [2.05, 4.69) is 65.2 Å². The Morgan fingerprint density at radius 1 is 0.662 bits per heavy atom. The highest BCUT2D eigenvalue weighted by molar-refractivity contribution is 6.10. The number of hydrogen-bond donors (Lipinski definition) is 5. The van der Waals surface area contributed by atoms with Crippen LogP contribution in [0.25, 0.3) is 21.8 Å². The number of rotatable bonds is 10. The number of ketones is 3. The summed E-state index contributed by atoms with van der Waals surface area (Å²) in [5.74, 6) is -1.69. The van der Waals surface area contributed by atoms with E-state index in [-0.39, 0.29) is 40.6 Å². The number of aromatic amines is 2. The normalized spacial score (nSPS) is 16.4. The van der Waals surface area contributed by atoms with Crippen LogP contribution < -0.4 is 10.6 Å². The van der Waals surface area contributed by atoms with Crippen LogP contribution in [0.5, 0.6) is 0 Å². The van der Waals surface area contributed by atoms with Crippen LogP contribution in [-0.4, -0.2) is 82.4 Å². The minimum Gasteiger partial charge on any atom is -0.480 e. The van der Waals surface area contributed by atoms with E-state index < -0.39 is 29.3 Å². The second kappa shape index (κ2) is 18.1. The van der Waals surface area contributed by atoms with E-state index in [0.29, 0.717) is 41.8 Å². The minimum atomic E-state index is -1.09. The zero-order valence-corrected chi connectivity index (χ0v) is 39.4. The third-order valence-corrected chi connectivity index (χ3v) is 12.6. The molecule has 0 saturated carbocycles. The number of H-pyrrole nitrogens is 2. The number of hydrogen-bond acceptors (Lipinski definition) is 8. The number of imidazole rings is 2. The fourth-order valence-corrected chi connectivity index (χ4v) is 9.88. The third-order valence-electron chi connectivity index (χ3n) is 12.6. The van der Waals surface area contributed by atoms with Crippen LogP contribution in [0.4, 0.5) is 0 Å². The summed E-state index contributed by atoms with van der Waals surface area (Å²) in [6, 6.07) is 10.5. The lowest BCUT2D eigenvalue weighted by Crippen LogP contribution is -2.39. The molecule has 0 spiro atoms. The summed E-state index contributed by atoms with van der Waals surface area (Å²) >= 11 is 0. The topological polar surface area (TPSA) is 214 Å². The van der Waals surface area contributed by atoms with Gasteiger partial charge in [-0.3, -0.25) is 28.8 Å². The summed E-state index contributed by atoms with van der Waals surface area (Å²) < 4.78 is 3.91. The van der Waals surface area contributed by atoms with Gasteiger partial charge in [0.05, 0.1) is 30.6 Å². The molecule has 6 aromatic rings. The van der Waals surface area contributed by atoms with E-state index in [1.165, 1.54) is 5.69 Å². The van der Waals surface area contributed by atoms with E-state index in [0.717, 1.165) is 51.5 Å². The van der Waals surface area contributed by atoms with Crippen LogP contribution in [0.15, 0.2) is 61.4 Å². The van der Waals surface area contributed by atoms with Gasteiger partial charge in [0.1, 0.15) is 6.54 Å². The first-order valence-electron chi connectivity index (χ1n) is 22.0. The second-order valence-corrected chi connectivity index (χ2v) is 20.0. The highest BCUT2D eigenvalue weighted by Crippen LogP contribution is 2.49. The molecule has 15 nitrogen and oxygen atoms in total. The Morgan fingerprint density at radius 3 is 1.48 bits per heavy atom. The molecule has 2 aromatic carbocycles. The minimum absolute atomic E-state index is 0.0157. The molecule has 4 heterocycles. The molecule has 15 heteroatoms. The molecular formula is C50H62N8O7. The Labute approximate surface area is 379 Å². The van der Waals surface area contributed by atoms with Crippen LogP contribution in [0.3, 0.4) is 0 Å². The SMILES string of the molecule is CC1(C)CC(C)(C)c2c([nH]c3ccc(C(=O)NCC(=O)O)cc23)C1=O.CCc1cncn1C.Cn1cncc1CCC(=O)CNC(=O)c1ccc2[nH]c3c(c2c1)C(C)(C)CC(C)(C)C3=O. The van der Waals surface area contributed by atoms with Crippen molar-refractivity contribution in [2.24, 2.45) is 24.9 Å². The van der Waals surface area contributed by atoms with Crippen LogP contribution in [0, 0.1) is 10.8 Å². The molecule has 0 saturated heterocycles. The van der Waals surface area contributed by atoms with E-state index in [1.54, 1.807) is 36.8 Å². The van der Waals surface area contributed by atoms with Crippen LogP contribution in [0.2, 0.25) is 0 Å². The van der Waals surface area contributed by atoms with Crippen molar-refractivity contribution in [1.29, 1.82) is 0 Å². The standard InChI is InChI=1S/C25H30N4O3.C19H22N2O4.C6H10N2/c1-24(2)13-25(3,4)22(31)21-20(24)18-10-15(6-9-19(18)28-21)23(32)27-12-17(30)8-7-16-11-26-14-29(16)5;1-18(2)9-19(3,4)16(24)15-14(18)11-7-10(5-6-12(11)21-15)17(25)20-8-13(22)23;1-3-6-4-7-5-8(6)2/h6,9-11,14,28H,7-8,12-13H2,1-5H3,(H,27,32);5-7,21H,8-9H2,1-4H3,(H,20,25)(H,22,23);4-5H,3H2,1-2H3. The van der Waals surface area contributed by atoms with Crippen molar-refractivity contribution < 1.29 is 33.9 Å². The zero-order valence-electron chi connectivity index (χ0n) is 39.4. The molecule has 0 radical (unpaired) electrons. The molecule has 4 aromatic heterocycles. The van der Waals surface area contributed by atoms with Gasteiger partial charge in [0.15, 0.2) is 17.3 Å². The quantitative estimate of drug-likeness (QED) is 0.0916. The van der Waals surface area contributed by atoms with Crippen molar-refractivity contribution in [3.63, 3.8) is 0 Å². The third kappa shape index (κ3) is 10.0. The molecule has 2 aliphatic rings. The van der Waals surface area contributed by atoms with E-state index >= 15 is 0 Å². The smallest absolute Gasteiger partial charge is 0.322 e. The Kier molecular flexibility index (Phi) is 13.3. The number of carbonyl (C=O) groups excluding carboxylic acids is 5. The lowest BCUT2D eigenvalue weighted by molar-refractivity contribution is -0.135. The number of carboxylic acids is 1. The molecule has 0 unspecified atom stereocenters. The maximum Gasteiger partial charge on any atom is 0.322 e. The van der Waals surface area contributed by atoms with E-state index in [9.17, 15) is 28.8 Å². The van der Waals surface area contributed by atoms with Crippen molar-refractivity contribution in [2.45, 2.75) is 105 Å². The number of nitrogens with one attached hydrogen (secondary N) is 4. The molecule has 0 fully saturated rings. The lowest BCUT2D eigenvalue weighted by atomic mass is 9.63. The van der Waals surface area contributed by atoms with Gasteiger partial charge in [-0.1, -0.05) is 62.3 Å². The summed E-state index contributed by atoms with van der Waals surface area (Å²) in [4.78, 5) is 88.1. The van der Waals surface area contributed by atoms with Gasteiger partial charge in [-0.15, -0.1) is 0 Å². The number of amides is 2. The molecule has 5 N–H and O–H groups in total. The number of aromatic nitrogens is 6. The van der Waals surface area contributed by atoms with Gasteiger partial charge < -0.3 is 34.8 Å². The average Bonchev–Trinajstić information content (AvgIpc) is 4.03. The van der Waals surface area contributed by atoms with Crippen LogP contribution in [-0.2, 0) is 47.4 Å². The highest BCUT2D eigenvalue weighted by atomic mass is 16.4. The first-order valence-corrected chi connectivity index (χ1v) is 22.0. The first-order chi connectivity index (χ1) is 30.4. The largest absolute Gasteiger partial charge is 0.480 e. The monoisotopic (exact) mass is 886 g/mol. The maximum absolute atomic E-state index is 13.0. The second-order valence-electron chi connectivity index (χ2n) is 20.0. The van der Waals surface area contributed by atoms with Gasteiger partial charge in [-0.2, -0.15) is 0 Å². The molecule has 8 rings (SSSR count). The van der Waals surface area contributed by atoms with Gasteiger partial charge >= 0.3 is 5.97 Å². The van der Waals surface area contributed by atoms with Crippen molar-refractivity contribution in [2.75, 3.05) is 13.1 Å². The predicted molar refractivity (Wildman–Crippen MR) is 250 cm³/mol. The summed E-state index contributed by atoms with van der Waals surface area (Å²) in [6.45, 7) is 18.0. The number of Topliss-reactive ketones (excluding diaryl/α,β-unsaturated/α-hetero) is 3. The number of fused-ring (bicyclic) bond motifs is 6. The molecule has 0 aliphatic heterocycles. The molecule has 0 atom stereocenters. The Balaban J connectivity index is 0.000000188. The predicted octanol–water partition coefficient (Wildman–Crippen LogP) is 7.58. The fraction of sp³-hybridized carbons (Fsp3) is 0.440. The van der Waals surface area contributed by atoms with Crippen molar-refractivity contribution >= 4 is 56.9 Å². The lowest BCUT2D eigenvalue weighted by Gasteiger charge is -2.39. The Bertz CT molecular complexity index is 2830. The van der Waals surface area contributed by atoms with Gasteiger partial charge in [0.25, 0.3) is 11.8 Å². The molecular weight excluding hydrogens is 825 g/mol. The van der Waals surface area contributed by atoms with Crippen LogP contribution in [0.1, 0.15) is 146 Å². The number of aliphatic carboxylic acids is 1. The number of carboxylic acid groups (broad SMARTS) is 1. The summed E-state index contributed by atoms with van der Waals surface area (Å²) in [7, 11) is 3.89. The number of benzene rings is 2. The average molecular weight is 887 g/mol. The molecule has 2 amide bonds. The summed E-state index contributed by atoms with van der Waals surface area (Å²) in [5, 5.41) is 15.5. The highest BCUT2D eigenvalue weighted by Gasteiger charge is 2.47. The van der Waals surface area contributed by atoms with Crippen molar-refractivity contribution in [1.82, 2.24) is 39.7 Å². The van der Waals surface area contributed by atoms with E-state index in [4.69, 9.17) is 5.11 Å². The molecule has 65 heavy (non-hydrogen) atoms. The van der Waals surface area contributed by atoms with Crippen molar-refractivity contribution in [3.05, 3.63) is 106 Å². The van der Waals surface area contributed by atoms with Gasteiger partial charge in [-0.25, -0.2) is 9.97 Å². The summed E-state index contributed by atoms with van der Waals surface area (Å²) in [6.07, 6.45) is 10.6. The number of carbonyl (C=O) groups is 6. The van der Waals surface area contributed by atoms with E-state index in [1.807, 2.05) is 75.6 Å². The van der Waals surface area contributed by atoms with Gasteiger partial charge in [0, 0.05) is 88.1 Å². The molecule has 0 bridgehead atoms. The first kappa shape index (κ1) is 47.8. The number of aryl methyl sites for hydroxylation is 4. The number of nitrogens with zero attached hydrogens (tertiary/aromatic N) is 4.